The Morgan fingerprint density at radius 3 is 2.64 bits per heavy atom. The summed E-state index contributed by atoms with van der Waals surface area (Å²) in [7, 11) is -5.24. The number of carbonyl (C=O) groups is 1. The van der Waals surface area contributed by atoms with Crippen LogP contribution in [0.2, 0.25) is 0 Å². The zero-order valence-corrected chi connectivity index (χ0v) is 18.2. The summed E-state index contributed by atoms with van der Waals surface area (Å²) in [6.45, 7) is -0.750. The summed E-state index contributed by atoms with van der Waals surface area (Å²) in [5, 5.41) is 19.9. The Morgan fingerprint density at radius 2 is 2.00 bits per heavy atom. The van der Waals surface area contributed by atoms with Crippen molar-refractivity contribution in [3.8, 4) is 0 Å². The summed E-state index contributed by atoms with van der Waals surface area (Å²) in [4.78, 5) is 45.0. The van der Waals surface area contributed by atoms with Crippen LogP contribution in [0.3, 0.4) is 0 Å². The summed E-state index contributed by atoms with van der Waals surface area (Å²) < 4.78 is 19.9. The summed E-state index contributed by atoms with van der Waals surface area (Å²) in [6, 6.07) is -0.952. The molecule has 3 aliphatic rings. The number of hydrogen-bond acceptors (Lipinski definition) is 11. The predicted molar refractivity (Wildman–Crippen MR) is 69.3 cm³/mol. The van der Waals surface area contributed by atoms with Crippen LogP contribution >= 0.6 is 7.82 Å². The number of rotatable bonds is 4. The molecule has 0 bridgehead atoms. The van der Waals surface area contributed by atoms with Crippen molar-refractivity contribution in [1.82, 2.24) is 4.90 Å². The molecule has 0 radical (unpaired) electrons. The summed E-state index contributed by atoms with van der Waals surface area (Å²) in [5.41, 5.74) is 0. The van der Waals surface area contributed by atoms with Gasteiger partial charge in [0.25, 0.3) is 5.91 Å². The van der Waals surface area contributed by atoms with Crippen molar-refractivity contribution in [2.45, 2.75) is 30.6 Å². The van der Waals surface area contributed by atoms with Crippen LogP contribution in [0.4, 0.5) is 0 Å². The fourth-order valence-electron chi connectivity index (χ4n) is 2.39. The second kappa shape index (κ2) is 9.11. The van der Waals surface area contributed by atoms with E-state index >= 15 is 0 Å². The molecule has 0 aromatic heterocycles. The Kier molecular flexibility index (Phi) is 8.56. The number of fused-ring (bicyclic) bond motifs is 1. The number of ether oxygens (including phenoxy) is 1. The number of aliphatic hydroxyl groups is 2. The van der Waals surface area contributed by atoms with Gasteiger partial charge in [0.2, 0.25) is 0 Å². The molecule has 1 fully saturated rings. The zero-order valence-electron chi connectivity index (χ0n) is 13.3. The van der Waals surface area contributed by atoms with E-state index in [0.29, 0.717) is 0 Å². The smallest absolute Gasteiger partial charge is 0.790 e. The molecular formula is C10H11N4Na2O8P. The fraction of sp³-hybridized carbons (Fsp3) is 0.600. The van der Waals surface area contributed by atoms with E-state index < -0.39 is 50.9 Å². The third kappa shape index (κ3) is 5.05. The molecule has 5 atom stereocenters. The van der Waals surface area contributed by atoms with Gasteiger partial charge in [0.1, 0.15) is 30.5 Å². The Balaban J connectivity index is 0.00000156. The van der Waals surface area contributed by atoms with E-state index in [1.807, 2.05) is 0 Å². The molecular weight excluding hydrogens is 381 g/mol. The first-order valence-corrected chi connectivity index (χ1v) is 7.88. The van der Waals surface area contributed by atoms with Crippen molar-refractivity contribution in [2.75, 3.05) is 6.61 Å². The van der Waals surface area contributed by atoms with Gasteiger partial charge in [0.05, 0.1) is 20.8 Å². The van der Waals surface area contributed by atoms with Gasteiger partial charge in [-0.05, 0) is 0 Å². The van der Waals surface area contributed by atoms with Crippen LogP contribution in [0.1, 0.15) is 0 Å². The molecule has 0 spiro atoms. The first-order valence-electron chi connectivity index (χ1n) is 6.42. The van der Waals surface area contributed by atoms with E-state index in [0.717, 1.165) is 6.34 Å². The molecule has 0 aromatic carbocycles. The van der Waals surface area contributed by atoms with Gasteiger partial charge < -0.3 is 33.8 Å². The molecule has 1 amide bonds. The predicted octanol–water partition coefficient (Wildman–Crippen LogP) is -10.0. The normalized spacial score (nSPS) is 33.6. The quantitative estimate of drug-likeness (QED) is 0.347. The Hall–Kier alpha value is 0.470. The van der Waals surface area contributed by atoms with Gasteiger partial charge in [-0.15, -0.1) is 0 Å². The van der Waals surface area contributed by atoms with Gasteiger partial charge in [0.15, 0.2) is 12.3 Å². The van der Waals surface area contributed by atoms with Crippen molar-refractivity contribution >= 4 is 32.2 Å². The Bertz CT molecular complexity index is 655. The van der Waals surface area contributed by atoms with Gasteiger partial charge in [-0.25, -0.2) is 4.99 Å². The molecule has 0 saturated carbocycles. The van der Waals surface area contributed by atoms with Crippen LogP contribution in [0, 0.1) is 0 Å². The molecule has 12 nitrogen and oxygen atoms in total. The monoisotopic (exact) mass is 392 g/mol. The van der Waals surface area contributed by atoms with E-state index in [-0.39, 0.29) is 65.0 Å². The third-order valence-corrected chi connectivity index (χ3v) is 3.93. The molecule has 3 rings (SSSR count). The maximum absolute atomic E-state index is 11.6. The second-order valence-electron chi connectivity index (χ2n) is 4.93. The minimum atomic E-state index is -5.24. The maximum atomic E-state index is 11.6. The number of nitrogens with zero attached hydrogens (tertiary/aromatic N) is 4. The van der Waals surface area contributed by atoms with Crippen LogP contribution < -0.4 is 68.9 Å². The summed E-state index contributed by atoms with van der Waals surface area (Å²) >= 11 is 0. The molecule has 126 valence electrons. The number of amidine groups is 1. The SMILES string of the molecule is O=C1N=CN=C2C1N=CN2C1OC(COP(=O)([O-])[O-])C(O)C1O.[Na+].[Na+]. The number of aliphatic imine (C=N–C) groups is 3. The van der Waals surface area contributed by atoms with Gasteiger partial charge in [-0.3, -0.25) is 14.7 Å². The topological polar surface area (TPSA) is 180 Å². The first kappa shape index (κ1) is 23.5. The molecule has 0 aromatic rings. The molecule has 15 heteroatoms. The van der Waals surface area contributed by atoms with Crippen LogP contribution in [-0.4, -0.2) is 76.7 Å². The van der Waals surface area contributed by atoms with Gasteiger partial charge in [-0.1, -0.05) is 0 Å². The third-order valence-electron chi connectivity index (χ3n) is 3.47. The van der Waals surface area contributed by atoms with Crippen LogP contribution in [-0.2, 0) is 18.6 Å². The number of carbonyl (C=O) groups excluding carboxylic acids is 1. The number of amides is 1. The maximum Gasteiger partial charge on any atom is 1.00 e. The van der Waals surface area contributed by atoms with E-state index in [4.69, 9.17) is 4.74 Å². The van der Waals surface area contributed by atoms with Crippen molar-refractivity contribution < 1.29 is 97.7 Å². The number of phosphoric ester groups is 1. The molecule has 2 N–H and O–H groups in total. The molecule has 5 unspecified atom stereocenters. The summed E-state index contributed by atoms with van der Waals surface area (Å²) in [5.74, 6) is -0.388. The van der Waals surface area contributed by atoms with Crippen LogP contribution in [0.15, 0.2) is 15.0 Å². The van der Waals surface area contributed by atoms with Crippen molar-refractivity contribution in [2.24, 2.45) is 15.0 Å². The fourth-order valence-corrected chi connectivity index (χ4v) is 2.72. The van der Waals surface area contributed by atoms with Crippen molar-refractivity contribution in [3.05, 3.63) is 0 Å². The average molecular weight is 392 g/mol. The van der Waals surface area contributed by atoms with Crippen LogP contribution in [0.25, 0.3) is 0 Å². The van der Waals surface area contributed by atoms with Gasteiger partial charge in [0, 0.05) is 0 Å². The molecule has 3 aliphatic heterocycles. The van der Waals surface area contributed by atoms with E-state index in [9.17, 15) is 29.4 Å². The van der Waals surface area contributed by atoms with Crippen molar-refractivity contribution in [3.63, 3.8) is 0 Å². The summed E-state index contributed by atoms with van der Waals surface area (Å²) in [6.07, 6.45) is -3.18. The van der Waals surface area contributed by atoms with E-state index in [2.05, 4.69) is 19.5 Å². The van der Waals surface area contributed by atoms with Gasteiger partial charge >= 0.3 is 59.1 Å². The largest absolute Gasteiger partial charge is 1.00 e. The number of hydrogen-bond donors (Lipinski definition) is 2. The van der Waals surface area contributed by atoms with Crippen molar-refractivity contribution in [1.29, 1.82) is 0 Å². The average Bonchev–Trinajstić information content (AvgIpc) is 3.01. The molecule has 3 heterocycles. The second-order valence-corrected chi connectivity index (χ2v) is 6.09. The zero-order chi connectivity index (χ0) is 16.8. The van der Waals surface area contributed by atoms with E-state index in [1.165, 1.54) is 11.2 Å². The first-order chi connectivity index (χ1) is 10.8. The molecule has 1 saturated heterocycles. The number of aliphatic hydroxyl groups excluding tert-OH is 2. The van der Waals surface area contributed by atoms with Crippen LogP contribution in [0.5, 0.6) is 0 Å². The van der Waals surface area contributed by atoms with Gasteiger partial charge in [-0.2, -0.15) is 4.99 Å². The molecule has 0 aliphatic carbocycles. The standard InChI is InChI=1S/C10H13N4O8P.2Na/c15-6-4(1-21-23(18,19)20)22-10(7(6)16)14-3-13-5-8(14)11-2-12-9(5)17;;/h2-7,10,15-16H,1H2,(H2,18,19,20);;/q;2*+1/p-2. The Labute approximate surface area is 185 Å². The Morgan fingerprint density at radius 1 is 1.32 bits per heavy atom. The molecule has 25 heavy (non-hydrogen) atoms. The minimum Gasteiger partial charge on any atom is -0.790 e. The minimum absolute atomic E-state index is 0. The van der Waals surface area contributed by atoms with E-state index in [1.54, 1.807) is 0 Å². The number of phosphoric acid groups is 1.